The van der Waals surface area contributed by atoms with Crippen molar-refractivity contribution in [2.75, 3.05) is 18.5 Å². The molecule has 2 rings (SSSR count). The molecule has 0 saturated carbocycles. The third-order valence-corrected chi connectivity index (χ3v) is 3.81. The van der Waals surface area contributed by atoms with Crippen molar-refractivity contribution in [3.05, 3.63) is 53.1 Å². The number of hydrogen-bond donors (Lipinski definition) is 1. The highest BCUT2D eigenvalue weighted by Gasteiger charge is 2.07. The average Bonchev–Trinajstić information content (AvgIpc) is 2.54. The summed E-state index contributed by atoms with van der Waals surface area (Å²) in [6.07, 6.45) is 0.991. The van der Waals surface area contributed by atoms with Crippen molar-refractivity contribution in [2.45, 2.75) is 27.2 Å². The van der Waals surface area contributed by atoms with E-state index in [4.69, 9.17) is 21.1 Å². The first-order valence-corrected chi connectivity index (χ1v) is 8.73. The lowest BCUT2D eigenvalue weighted by molar-refractivity contribution is -0.118. The highest BCUT2D eigenvalue weighted by molar-refractivity contribution is 6.30. The maximum Gasteiger partial charge on any atom is 0.262 e. The Kier molecular flexibility index (Phi) is 7.14. The van der Waals surface area contributed by atoms with E-state index in [9.17, 15) is 4.79 Å². The van der Waals surface area contributed by atoms with Gasteiger partial charge >= 0.3 is 0 Å². The first kappa shape index (κ1) is 19.1. The molecule has 2 aromatic rings. The fourth-order valence-electron chi connectivity index (χ4n) is 2.19. The van der Waals surface area contributed by atoms with Gasteiger partial charge in [0.05, 0.1) is 6.61 Å². The van der Waals surface area contributed by atoms with Crippen molar-refractivity contribution in [3.63, 3.8) is 0 Å². The number of ether oxygens (including phenoxy) is 2. The second kappa shape index (κ2) is 9.33. The van der Waals surface area contributed by atoms with Crippen LogP contribution >= 0.6 is 11.6 Å². The molecule has 1 amide bonds. The van der Waals surface area contributed by atoms with Crippen molar-refractivity contribution in [1.82, 2.24) is 0 Å². The van der Waals surface area contributed by atoms with Crippen LogP contribution in [0.2, 0.25) is 5.02 Å². The maximum absolute atomic E-state index is 12.1. The molecule has 0 unspecified atom stereocenters. The molecule has 1 N–H and O–H groups in total. The molecule has 0 heterocycles. The molecule has 0 atom stereocenters. The van der Waals surface area contributed by atoms with Crippen LogP contribution in [0, 0.1) is 12.8 Å². The Labute approximate surface area is 154 Å². The summed E-state index contributed by atoms with van der Waals surface area (Å²) in [4.78, 5) is 12.1. The van der Waals surface area contributed by atoms with Gasteiger partial charge < -0.3 is 14.8 Å². The molecule has 0 bridgehead atoms. The van der Waals surface area contributed by atoms with Gasteiger partial charge in [-0.05, 0) is 55.2 Å². The van der Waals surface area contributed by atoms with Crippen molar-refractivity contribution < 1.29 is 14.3 Å². The first-order valence-electron chi connectivity index (χ1n) is 8.35. The van der Waals surface area contributed by atoms with Crippen LogP contribution in [0.15, 0.2) is 42.5 Å². The monoisotopic (exact) mass is 361 g/mol. The fourth-order valence-corrected chi connectivity index (χ4v) is 2.42. The van der Waals surface area contributed by atoms with Crippen LogP contribution < -0.4 is 14.8 Å². The van der Waals surface area contributed by atoms with Crippen LogP contribution in [0.25, 0.3) is 0 Å². The minimum atomic E-state index is -0.228. The minimum absolute atomic E-state index is 0.0685. The first-order chi connectivity index (χ1) is 11.9. The Morgan fingerprint density at radius 2 is 1.96 bits per heavy atom. The lowest BCUT2D eigenvalue weighted by atomic mass is 10.1. The molecule has 4 nitrogen and oxygen atoms in total. The van der Waals surface area contributed by atoms with Crippen LogP contribution in [0.3, 0.4) is 0 Å². The number of nitrogens with one attached hydrogen (secondary N) is 1. The summed E-state index contributed by atoms with van der Waals surface area (Å²) in [5, 5.41) is 3.45. The van der Waals surface area contributed by atoms with E-state index < -0.39 is 0 Å². The SMILES string of the molecule is Cc1cc(Cl)ccc1OCC(=O)Nc1cccc(OCCC(C)C)c1. The van der Waals surface area contributed by atoms with Crippen LogP contribution in [0.1, 0.15) is 25.8 Å². The maximum atomic E-state index is 12.1. The standard InChI is InChI=1S/C20H24ClNO3/c1-14(2)9-10-24-18-6-4-5-17(12-18)22-20(23)13-25-19-8-7-16(21)11-15(19)3/h4-8,11-12,14H,9-10,13H2,1-3H3,(H,22,23). The van der Waals surface area contributed by atoms with E-state index in [2.05, 4.69) is 19.2 Å². The number of carbonyl (C=O) groups is 1. The predicted molar refractivity (Wildman–Crippen MR) is 102 cm³/mol. The van der Waals surface area contributed by atoms with Gasteiger partial charge in [-0.2, -0.15) is 0 Å². The zero-order valence-corrected chi connectivity index (χ0v) is 15.6. The molecule has 2 aromatic carbocycles. The van der Waals surface area contributed by atoms with Crippen molar-refractivity contribution in [2.24, 2.45) is 5.92 Å². The van der Waals surface area contributed by atoms with Gasteiger partial charge in [-0.3, -0.25) is 4.79 Å². The Balaban J connectivity index is 1.85. The quantitative estimate of drug-likeness (QED) is 0.712. The smallest absolute Gasteiger partial charge is 0.262 e. The van der Waals surface area contributed by atoms with E-state index in [1.165, 1.54) is 0 Å². The van der Waals surface area contributed by atoms with Gasteiger partial charge in [0.25, 0.3) is 5.91 Å². The molecule has 0 spiro atoms. The zero-order valence-electron chi connectivity index (χ0n) is 14.8. The summed E-state index contributed by atoms with van der Waals surface area (Å²) in [6, 6.07) is 12.7. The Morgan fingerprint density at radius 1 is 1.16 bits per heavy atom. The third-order valence-electron chi connectivity index (χ3n) is 3.58. The third kappa shape index (κ3) is 6.67. The number of hydrogen-bond acceptors (Lipinski definition) is 3. The number of halogens is 1. The molecule has 0 radical (unpaired) electrons. The Bertz CT molecular complexity index is 716. The molecule has 0 aromatic heterocycles. The molecule has 0 aliphatic rings. The predicted octanol–water partition coefficient (Wildman–Crippen LogP) is 5.09. The fraction of sp³-hybridized carbons (Fsp3) is 0.350. The normalized spacial score (nSPS) is 10.6. The van der Waals surface area contributed by atoms with Crippen molar-refractivity contribution in [1.29, 1.82) is 0 Å². The number of anilines is 1. The summed E-state index contributed by atoms with van der Waals surface area (Å²) < 4.78 is 11.2. The molecule has 0 aliphatic carbocycles. The van der Waals surface area contributed by atoms with E-state index in [0.29, 0.717) is 29.0 Å². The molecule has 0 fully saturated rings. The van der Waals surface area contributed by atoms with Gasteiger partial charge in [0.15, 0.2) is 6.61 Å². The van der Waals surface area contributed by atoms with Crippen LogP contribution in [-0.2, 0) is 4.79 Å². The number of amides is 1. The van der Waals surface area contributed by atoms with Gasteiger partial charge in [-0.25, -0.2) is 0 Å². The number of rotatable bonds is 8. The lowest BCUT2D eigenvalue weighted by Crippen LogP contribution is -2.20. The van der Waals surface area contributed by atoms with Crippen LogP contribution in [0.4, 0.5) is 5.69 Å². The van der Waals surface area contributed by atoms with Crippen LogP contribution in [0.5, 0.6) is 11.5 Å². The largest absolute Gasteiger partial charge is 0.494 e. The second-order valence-electron chi connectivity index (χ2n) is 6.31. The Morgan fingerprint density at radius 3 is 2.68 bits per heavy atom. The number of benzene rings is 2. The van der Waals surface area contributed by atoms with Gasteiger partial charge in [0, 0.05) is 16.8 Å². The van der Waals surface area contributed by atoms with E-state index in [1.807, 2.05) is 31.2 Å². The van der Waals surface area contributed by atoms with Crippen molar-refractivity contribution in [3.8, 4) is 11.5 Å². The average molecular weight is 362 g/mol. The highest BCUT2D eigenvalue weighted by atomic mass is 35.5. The van der Waals surface area contributed by atoms with Gasteiger partial charge in [0.2, 0.25) is 0 Å². The minimum Gasteiger partial charge on any atom is -0.494 e. The number of carbonyl (C=O) groups excluding carboxylic acids is 1. The molecule has 0 saturated heterocycles. The molecular weight excluding hydrogens is 338 g/mol. The van der Waals surface area contributed by atoms with Gasteiger partial charge in [-0.15, -0.1) is 0 Å². The van der Waals surface area contributed by atoms with E-state index >= 15 is 0 Å². The Hall–Kier alpha value is -2.20. The van der Waals surface area contributed by atoms with Crippen LogP contribution in [-0.4, -0.2) is 19.1 Å². The summed E-state index contributed by atoms with van der Waals surface area (Å²) in [5.41, 5.74) is 1.57. The second-order valence-corrected chi connectivity index (χ2v) is 6.74. The van der Waals surface area contributed by atoms with Gasteiger partial charge in [-0.1, -0.05) is 31.5 Å². The molecule has 134 valence electrons. The van der Waals surface area contributed by atoms with E-state index in [0.717, 1.165) is 17.7 Å². The summed E-state index contributed by atoms with van der Waals surface area (Å²) in [7, 11) is 0. The summed E-state index contributed by atoms with van der Waals surface area (Å²) in [6.45, 7) is 6.79. The molecule has 25 heavy (non-hydrogen) atoms. The highest BCUT2D eigenvalue weighted by Crippen LogP contribution is 2.22. The lowest BCUT2D eigenvalue weighted by Gasteiger charge is -2.11. The topological polar surface area (TPSA) is 47.6 Å². The summed E-state index contributed by atoms with van der Waals surface area (Å²) >= 11 is 5.91. The number of aryl methyl sites for hydroxylation is 1. The van der Waals surface area contributed by atoms with Gasteiger partial charge in [0.1, 0.15) is 11.5 Å². The van der Waals surface area contributed by atoms with E-state index in [1.54, 1.807) is 18.2 Å². The molecule has 5 heteroatoms. The van der Waals surface area contributed by atoms with E-state index in [-0.39, 0.29) is 12.5 Å². The summed E-state index contributed by atoms with van der Waals surface area (Å²) in [5.74, 6) is 1.75. The zero-order chi connectivity index (χ0) is 18.2. The molecule has 0 aliphatic heterocycles. The molecular formula is C20H24ClNO3. The van der Waals surface area contributed by atoms with Crippen molar-refractivity contribution >= 4 is 23.2 Å².